The molecule has 11 heteroatoms. The van der Waals surface area contributed by atoms with Crippen LogP contribution in [0.2, 0.25) is 10.6 Å². The predicted octanol–water partition coefficient (Wildman–Crippen LogP) is -0.966. The second-order valence-electron chi connectivity index (χ2n) is 6.44. The van der Waals surface area contributed by atoms with Gasteiger partial charge in [0.1, 0.15) is 0 Å². The van der Waals surface area contributed by atoms with E-state index in [0.717, 1.165) is 10.6 Å². The number of nitrogens with zero attached hydrogens (tertiary/aromatic N) is 4. The van der Waals surface area contributed by atoms with Gasteiger partial charge in [0, 0.05) is 0 Å². The van der Waals surface area contributed by atoms with Gasteiger partial charge in [-0.05, 0) is 0 Å². The van der Waals surface area contributed by atoms with Gasteiger partial charge >= 0.3 is 155 Å². The number of rotatable bonds is 7. The summed E-state index contributed by atoms with van der Waals surface area (Å²) < 4.78 is 1.74. The fourth-order valence-corrected chi connectivity index (χ4v) is 5.79. The van der Waals surface area contributed by atoms with Gasteiger partial charge in [-0.3, -0.25) is 0 Å². The quantitative estimate of drug-likeness (QED) is 0.274. The van der Waals surface area contributed by atoms with Gasteiger partial charge < -0.3 is 0 Å². The molecule has 0 aromatic carbocycles. The Morgan fingerprint density at radius 1 is 1.35 bits per heavy atom. The summed E-state index contributed by atoms with van der Waals surface area (Å²) in [6, 6.07) is -1.18. The summed E-state index contributed by atoms with van der Waals surface area (Å²) in [5.41, 5.74) is 12.3. The van der Waals surface area contributed by atoms with E-state index in [0.29, 0.717) is 24.0 Å². The molecule has 1 saturated carbocycles. The standard InChI is InChI=1S/C15H22N6O4Se/c16-8(15(24)25)1-2-26-4-7-3-9(12(23)11(7)22)21-6-20-10-13(17)18-5-19-14(10)21/h5-9,11-12,22-23H,1-4,16H2,(H,24,25)(H2,17,18,19)/t7-,8?,9-,11-,12+/m1/s1. The van der Waals surface area contributed by atoms with Gasteiger partial charge in [-0.15, -0.1) is 0 Å². The predicted molar refractivity (Wildman–Crippen MR) is 94.5 cm³/mol. The van der Waals surface area contributed by atoms with Crippen LogP contribution in [0.5, 0.6) is 0 Å². The molecule has 0 amide bonds. The summed E-state index contributed by atoms with van der Waals surface area (Å²) in [6.07, 6.45) is 2.16. The van der Waals surface area contributed by atoms with Crippen LogP contribution in [-0.2, 0) is 4.79 Å². The molecule has 142 valence electrons. The number of nitrogens with two attached hydrogens (primary N) is 2. The van der Waals surface area contributed by atoms with Crippen LogP contribution in [0.15, 0.2) is 12.7 Å². The summed E-state index contributed by atoms with van der Waals surface area (Å²) in [7, 11) is 0. The molecule has 26 heavy (non-hydrogen) atoms. The number of carbonyl (C=O) groups is 1. The number of anilines is 1. The Morgan fingerprint density at radius 2 is 2.12 bits per heavy atom. The van der Waals surface area contributed by atoms with Crippen molar-refractivity contribution in [1.29, 1.82) is 0 Å². The number of carboxylic acids is 1. The fraction of sp³-hybridized carbons (Fsp3) is 0.600. The third kappa shape index (κ3) is 3.67. The van der Waals surface area contributed by atoms with Gasteiger partial charge in [0.15, 0.2) is 0 Å². The molecule has 2 aromatic rings. The number of aromatic nitrogens is 4. The van der Waals surface area contributed by atoms with E-state index in [1.165, 1.54) is 6.33 Å². The van der Waals surface area contributed by atoms with Crippen LogP contribution < -0.4 is 11.5 Å². The van der Waals surface area contributed by atoms with Crippen molar-refractivity contribution in [3.63, 3.8) is 0 Å². The Hall–Kier alpha value is -1.78. The first-order chi connectivity index (χ1) is 12.4. The summed E-state index contributed by atoms with van der Waals surface area (Å²) in [5, 5.41) is 31.2. The normalized spacial score (nSPS) is 27.0. The van der Waals surface area contributed by atoms with Crippen LogP contribution in [0.25, 0.3) is 11.2 Å². The van der Waals surface area contributed by atoms with Gasteiger partial charge in [0.25, 0.3) is 0 Å². The van der Waals surface area contributed by atoms with Crippen molar-refractivity contribution < 1.29 is 20.1 Å². The van der Waals surface area contributed by atoms with Crippen LogP contribution in [0.3, 0.4) is 0 Å². The van der Waals surface area contributed by atoms with Crippen molar-refractivity contribution >= 4 is 37.9 Å². The van der Waals surface area contributed by atoms with Gasteiger partial charge in [-0.2, -0.15) is 0 Å². The van der Waals surface area contributed by atoms with Gasteiger partial charge in [-0.1, -0.05) is 0 Å². The number of carboxylic acid groups (broad SMARTS) is 1. The SMILES string of the molecule is Nc1ncnc2c1ncn2[C@@H]1C[C@H](C[Se]CCC(N)C(=O)O)[C@@H](O)[C@H]1O. The molecule has 2 aromatic heterocycles. The summed E-state index contributed by atoms with van der Waals surface area (Å²) >= 11 is 0.150. The van der Waals surface area contributed by atoms with Crippen LogP contribution >= 0.6 is 0 Å². The average Bonchev–Trinajstić information content (AvgIpc) is 3.15. The van der Waals surface area contributed by atoms with E-state index in [4.69, 9.17) is 16.6 Å². The number of aliphatic hydroxyl groups excluding tert-OH is 2. The second kappa shape index (κ2) is 7.85. The second-order valence-corrected chi connectivity index (χ2v) is 8.85. The number of fused-ring (bicyclic) bond motifs is 1. The number of nitrogen functional groups attached to an aromatic ring is 1. The summed E-state index contributed by atoms with van der Waals surface area (Å²) in [5.74, 6) is -0.783. The minimum atomic E-state index is -0.995. The maximum absolute atomic E-state index is 10.7. The van der Waals surface area contributed by atoms with Crippen molar-refractivity contribution in [2.24, 2.45) is 11.7 Å². The van der Waals surface area contributed by atoms with Crippen molar-refractivity contribution in [1.82, 2.24) is 19.5 Å². The number of hydrogen-bond donors (Lipinski definition) is 5. The Morgan fingerprint density at radius 3 is 2.85 bits per heavy atom. The van der Waals surface area contributed by atoms with Crippen molar-refractivity contribution in [3.05, 3.63) is 12.7 Å². The molecule has 0 bridgehead atoms. The summed E-state index contributed by atoms with van der Waals surface area (Å²) in [4.78, 5) is 23.0. The van der Waals surface area contributed by atoms with Gasteiger partial charge in [-0.25, -0.2) is 0 Å². The molecule has 0 saturated heterocycles. The van der Waals surface area contributed by atoms with Gasteiger partial charge in [0.2, 0.25) is 0 Å². The molecule has 1 fully saturated rings. The van der Waals surface area contributed by atoms with E-state index in [9.17, 15) is 15.0 Å². The van der Waals surface area contributed by atoms with E-state index in [-0.39, 0.29) is 32.7 Å². The molecular formula is C15H22N6O4Se. The third-order valence-electron chi connectivity index (χ3n) is 4.74. The topological polar surface area (TPSA) is 173 Å². The Labute approximate surface area is 155 Å². The van der Waals surface area contributed by atoms with Crippen LogP contribution in [0, 0.1) is 5.92 Å². The first-order valence-electron chi connectivity index (χ1n) is 8.25. The van der Waals surface area contributed by atoms with E-state index in [2.05, 4.69) is 15.0 Å². The molecular weight excluding hydrogens is 407 g/mol. The molecule has 1 unspecified atom stereocenters. The Bertz CT molecular complexity index is 787. The monoisotopic (exact) mass is 430 g/mol. The van der Waals surface area contributed by atoms with Gasteiger partial charge in [0.05, 0.1) is 0 Å². The average molecular weight is 429 g/mol. The number of aliphatic carboxylic acids is 1. The Balaban J connectivity index is 1.64. The number of aliphatic hydroxyl groups is 2. The number of hydrogen-bond acceptors (Lipinski definition) is 8. The molecule has 0 spiro atoms. The fourth-order valence-electron chi connectivity index (χ4n) is 3.22. The van der Waals surface area contributed by atoms with Crippen molar-refractivity contribution in [3.8, 4) is 0 Å². The minimum absolute atomic E-state index is 0.0623. The molecule has 1 aliphatic rings. The molecule has 7 N–H and O–H groups in total. The maximum atomic E-state index is 10.7. The van der Waals surface area contributed by atoms with E-state index in [1.54, 1.807) is 10.9 Å². The number of imidazole rings is 1. The first kappa shape index (κ1) is 19.0. The molecule has 3 rings (SSSR count). The van der Waals surface area contributed by atoms with E-state index < -0.39 is 24.2 Å². The Kier molecular flexibility index (Phi) is 5.73. The third-order valence-corrected chi connectivity index (χ3v) is 7.23. The van der Waals surface area contributed by atoms with E-state index in [1.807, 2.05) is 0 Å². The zero-order valence-corrected chi connectivity index (χ0v) is 15.7. The van der Waals surface area contributed by atoms with Crippen LogP contribution in [-0.4, -0.2) is 74.0 Å². The molecule has 5 atom stereocenters. The van der Waals surface area contributed by atoms with E-state index >= 15 is 0 Å². The zero-order chi connectivity index (χ0) is 18.8. The molecule has 0 aliphatic heterocycles. The van der Waals surface area contributed by atoms with Crippen LogP contribution in [0.4, 0.5) is 5.82 Å². The summed E-state index contributed by atoms with van der Waals surface area (Å²) in [6.45, 7) is 0. The van der Waals surface area contributed by atoms with Crippen molar-refractivity contribution in [2.75, 3.05) is 5.73 Å². The molecule has 10 nitrogen and oxygen atoms in total. The molecule has 0 radical (unpaired) electrons. The molecule has 1 aliphatic carbocycles. The zero-order valence-electron chi connectivity index (χ0n) is 14.0. The van der Waals surface area contributed by atoms with Crippen molar-refractivity contribution in [2.45, 2.75) is 47.8 Å². The molecule has 2 heterocycles. The van der Waals surface area contributed by atoms with Crippen LogP contribution in [0.1, 0.15) is 18.9 Å². The first-order valence-corrected chi connectivity index (χ1v) is 10.7.